The van der Waals surface area contributed by atoms with Crippen LogP contribution in [0.25, 0.3) is 0 Å². The molecule has 0 radical (unpaired) electrons. The van der Waals surface area contributed by atoms with Gasteiger partial charge in [-0.2, -0.15) is 4.98 Å². The van der Waals surface area contributed by atoms with E-state index in [1.165, 1.54) is 12.8 Å². The van der Waals surface area contributed by atoms with Gasteiger partial charge in [0, 0.05) is 13.0 Å². The second kappa shape index (κ2) is 10.3. The zero-order valence-electron chi connectivity index (χ0n) is 18.8. The molecule has 1 fully saturated rings. The van der Waals surface area contributed by atoms with Gasteiger partial charge in [-0.3, -0.25) is 14.9 Å². The number of carbonyl (C=O) groups is 2. The number of carbonyl (C=O) groups excluding carboxylic acids is 2. The number of urea groups is 1. The Morgan fingerprint density at radius 2 is 1.83 bits per heavy atom. The van der Waals surface area contributed by atoms with Crippen LogP contribution in [0.15, 0.2) is 4.52 Å². The molecule has 1 saturated carbocycles. The first-order chi connectivity index (χ1) is 14.0. The summed E-state index contributed by atoms with van der Waals surface area (Å²) in [6.45, 7) is 9.81. The van der Waals surface area contributed by atoms with Crippen molar-refractivity contribution < 1.29 is 24.4 Å². The van der Waals surface area contributed by atoms with Gasteiger partial charge in [0.2, 0.25) is 5.89 Å². The number of rotatable bonds is 8. The molecule has 1 aromatic rings. The van der Waals surface area contributed by atoms with Crippen LogP contribution in [0.3, 0.4) is 0 Å². The van der Waals surface area contributed by atoms with Gasteiger partial charge in [0.05, 0.1) is 0 Å². The van der Waals surface area contributed by atoms with E-state index < -0.39 is 18.0 Å². The maximum absolute atomic E-state index is 12.9. The van der Waals surface area contributed by atoms with Crippen molar-refractivity contribution in [1.29, 1.82) is 0 Å². The van der Waals surface area contributed by atoms with Crippen molar-refractivity contribution in [1.82, 2.24) is 15.2 Å². The molecule has 170 valence electrons. The standard InChI is InChI=1S/C21H36N4O5/c1-14(2)10-11-16(26)18(27)25(29)20(28)24(13-21(3,4)5)19-22-17(30-23-19)12-15-8-6-7-9-15/h14-16,26,29H,6-13H2,1-5H3/t16-/m0/s1. The minimum absolute atomic E-state index is 0.00596. The molecule has 0 aromatic carbocycles. The van der Waals surface area contributed by atoms with E-state index in [1.807, 2.05) is 34.6 Å². The number of aliphatic hydroxyl groups is 1. The third-order valence-corrected chi connectivity index (χ3v) is 5.19. The van der Waals surface area contributed by atoms with Gasteiger partial charge in [0.15, 0.2) is 0 Å². The lowest BCUT2D eigenvalue weighted by molar-refractivity contribution is -0.162. The average Bonchev–Trinajstić information content (AvgIpc) is 3.34. The summed E-state index contributed by atoms with van der Waals surface area (Å²) in [6.07, 6.45) is 4.58. The molecule has 9 nitrogen and oxygen atoms in total. The third kappa shape index (κ3) is 7.05. The van der Waals surface area contributed by atoms with Crippen LogP contribution in [-0.4, -0.2) is 50.1 Å². The molecule has 0 bridgehead atoms. The lowest BCUT2D eigenvalue weighted by Crippen LogP contribution is -2.50. The molecule has 0 aliphatic heterocycles. The summed E-state index contributed by atoms with van der Waals surface area (Å²) in [4.78, 5) is 30.7. The number of aromatic nitrogens is 2. The summed E-state index contributed by atoms with van der Waals surface area (Å²) in [6, 6.07) is -1.01. The fraction of sp³-hybridized carbons (Fsp3) is 0.810. The number of hydrogen-bond donors (Lipinski definition) is 2. The van der Waals surface area contributed by atoms with Crippen LogP contribution in [0.2, 0.25) is 0 Å². The number of nitrogens with zero attached hydrogens (tertiary/aromatic N) is 4. The Kier molecular flexibility index (Phi) is 8.37. The summed E-state index contributed by atoms with van der Waals surface area (Å²) in [5.74, 6) is 0.166. The molecule has 0 saturated heterocycles. The zero-order valence-corrected chi connectivity index (χ0v) is 18.8. The maximum Gasteiger partial charge on any atom is 0.358 e. The minimum atomic E-state index is -1.46. The van der Waals surface area contributed by atoms with Crippen molar-refractivity contribution in [2.75, 3.05) is 11.4 Å². The topological polar surface area (TPSA) is 120 Å². The van der Waals surface area contributed by atoms with Crippen molar-refractivity contribution in [3.63, 3.8) is 0 Å². The van der Waals surface area contributed by atoms with E-state index in [2.05, 4.69) is 10.1 Å². The fourth-order valence-electron chi connectivity index (χ4n) is 3.56. The molecule has 9 heteroatoms. The highest BCUT2D eigenvalue weighted by molar-refractivity contribution is 6.01. The Balaban J connectivity index is 2.14. The van der Waals surface area contributed by atoms with Gasteiger partial charge in [0.25, 0.3) is 11.9 Å². The van der Waals surface area contributed by atoms with Gasteiger partial charge < -0.3 is 9.63 Å². The SMILES string of the molecule is CC(C)CC[C@H](O)C(=O)N(O)C(=O)N(CC(C)(C)C)c1noc(CC2CCCC2)n1. The summed E-state index contributed by atoms with van der Waals surface area (Å²) in [7, 11) is 0. The number of anilines is 1. The number of aliphatic hydroxyl groups excluding tert-OH is 1. The molecule has 1 aliphatic carbocycles. The molecule has 1 aromatic heterocycles. The number of imide groups is 1. The second-order valence-corrected chi connectivity index (χ2v) is 9.91. The molecule has 3 amide bonds. The van der Waals surface area contributed by atoms with Gasteiger partial charge >= 0.3 is 6.03 Å². The van der Waals surface area contributed by atoms with Gasteiger partial charge in [-0.1, -0.05) is 47.5 Å². The van der Waals surface area contributed by atoms with E-state index in [-0.39, 0.29) is 35.3 Å². The van der Waals surface area contributed by atoms with E-state index >= 15 is 0 Å². The minimum Gasteiger partial charge on any atom is -0.383 e. The van der Waals surface area contributed by atoms with Crippen LogP contribution in [0.1, 0.15) is 79.0 Å². The Labute approximate surface area is 178 Å². The van der Waals surface area contributed by atoms with Crippen molar-refractivity contribution in [3.8, 4) is 0 Å². The number of hydrogen-bond acceptors (Lipinski definition) is 7. The molecule has 2 rings (SSSR count). The summed E-state index contributed by atoms with van der Waals surface area (Å²) in [5.41, 5.74) is -0.359. The van der Waals surface area contributed by atoms with Gasteiger partial charge in [-0.15, -0.1) is 5.06 Å². The molecule has 1 aliphatic rings. The molecule has 0 spiro atoms. The maximum atomic E-state index is 12.9. The Hall–Kier alpha value is -2.00. The third-order valence-electron chi connectivity index (χ3n) is 5.19. The van der Waals surface area contributed by atoms with Crippen molar-refractivity contribution >= 4 is 17.9 Å². The van der Waals surface area contributed by atoms with Crippen LogP contribution in [-0.2, 0) is 11.2 Å². The van der Waals surface area contributed by atoms with E-state index in [9.17, 15) is 19.9 Å². The first kappa shape index (κ1) is 24.3. The van der Waals surface area contributed by atoms with Crippen molar-refractivity contribution in [2.45, 2.75) is 85.7 Å². The highest BCUT2D eigenvalue weighted by Gasteiger charge is 2.35. The second-order valence-electron chi connectivity index (χ2n) is 9.91. The predicted molar refractivity (Wildman–Crippen MR) is 111 cm³/mol. The van der Waals surface area contributed by atoms with Gasteiger partial charge in [-0.05, 0) is 48.1 Å². The van der Waals surface area contributed by atoms with Crippen molar-refractivity contribution in [2.24, 2.45) is 17.3 Å². The lowest BCUT2D eigenvalue weighted by Gasteiger charge is -2.29. The summed E-state index contributed by atoms with van der Waals surface area (Å²) >= 11 is 0. The van der Waals surface area contributed by atoms with Gasteiger partial charge in [0.1, 0.15) is 6.10 Å². The molecule has 1 heterocycles. The van der Waals surface area contributed by atoms with Crippen LogP contribution < -0.4 is 4.90 Å². The average molecular weight is 425 g/mol. The van der Waals surface area contributed by atoms with Gasteiger partial charge in [-0.25, -0.2) is 4.79 Å². The highest BCUT2D eigenvalue weighted by Crippen LogP contribution is 2.28. The molecule has 1 atom stereocenters. The van der Waals surface area contributed by atoms with Crippen LogP contribution in [0, 0.1) is 17.3 Å². The normalized spacial score (nSPS) is 16.1. The molecule has 0 unspecified atom stereocenters. The zero-order chi connectivity index (χ0) is 22.5. The molecule has 2 N–H and O–H groups in total. The van der Waals surface area contributed by atoms with E-state index in [0.717, 1.165) is 17.7 Å². The Morgan fingerprint density at radius 3 is 2.40 bits per heavy atom. The van der Waals surface area contributed by atoms with Crippen LogP contribution in [0.5, 0.6) is 0 Å². The monoisotopic (exact) mass is 424 g/mol. The Bertz CT molecular complexity index is 706. The first-order valence-electron chi connectivity index (χ1n) is 10.8. The van der Waals surface area contributed by atoms with E-state index in [0.29, 0.717) is 24.7 Å². The lowest BCUT2D eigenvalue weighted by atomic mass is 9.96. The van der Waals surface area contributed by atoms with Crippen LogP contribution >= 0.6 is 0 Å². The number of hydroxylamine groups is 2. The molecular weight excluding hydrogens is 388 g/mol. The first-order valence-corrected chi connectivity index (χ1v) is 10.8. The molecule has 30 heavy (non-hydrogen) atoms. The van der Waals surface area contributed by atoms with Crippen LogP contribution in [0.4, 0.5) is 10.7 Å². The smallest absolute Gasteiger partial charge is 0.358 e. The predicted octanol–water partition coefficient (Wildman–Crippen LogP) is 3.79. The fourth-order valence-corrected chi connectivity index (χ4v) is 3.56. The molecular formula is C21H36N4O5. The largest absolute Gasteiger partial charge is 0.383 e. The summed E-state index contributed by atoms with van der Waals surface area (Å²) in [5, 5.41) is 24.2. The number of amides is 3. The van der Waals surface area contributed by atoms with Crippen molar-refractivity contribution in [3.05, 3.63) is 5.89 Å². The Morgan fingerprint density at radius 1 is 1.20 bits per heavy atom. The quantitative estimate of drug-likeness (QED) is 0.481. The highest BCUT2D eigenvalue weighted by atomic mass is 16.5. The van der Waals surface area contributed by atoms with E-state index in [1.54, 1.807) is 0 Å². The summed E-state index contributed by atoms with van der Waals surface area (Å²) < 4.78 is 5.34. The van der Waals surface area contributed by atoms with E-state index in [4.69, 9.17) is 4.52 Å².